The van der Waals surface area contributed by atoms with Crippen molar-refractivity contribution in [2.24, 2.45) is 0 Å². The number of hydrogen-bond donors (Lipinski definition) is 0. The second kappa shape index (κ2) is 9.34. The Morgan fingerprint density at radius 3 is 2.71 bits per heavy atom. The van der Waals surface area contributed by atoms with Gasteiger partial charge in [0.25, 0.3) is 0 Å². The molecular weight excluding hydrogens is 394 g/mol. The highest BCUT2D eigenvalue weighted by molar-refractivity contribution is 7.98. The number of halogens is 1. The molecule has 1 atom stereocenters. The van der Waals surface area contributed by atoms with Crippen molar-refractivity contribution in [1.29, 1.82) is 0 Å². The first-order chi connectivity index (χ1) is 13.5. The fraction of sp³-hybridized carbons (Fsp3) is 0.333. The van der Waals surface area contributed by atoms with Gasteiger partial charge in [-0.15, -0.1) is 10.2 Å². The van der Waals surface area contributed by atoms with Crippen LogP contribution in [0.3, 0.4) is 0 Å². The highest BCUT2D eigenvalue weighted by Gasteiger charge is 2.19. The first-order valence-electron chi connectivity index (χ1n) is 9.13. The fourth-order valence-electron chi connectivity index (χ4n) is 2.90. The van der Waals surface area contributed by atoms with E-state index in [0.717, 1.165) is 40.3 Å². The van der Waals surface area contributed by atoms with Gasteiger partial charge in [-0.05, 0) is 62.2 Å². The molecule has 148 valence electrons. The largest absolute Gasteiger partial charge is 0.497 e. The van der Waals surface area contributed by atoms with Crippen molar-refractivity contribution in [1.82, 2.24) is 14.8 Å². The smallest absolute Gasteiger partial charge is 0.191 e. The summed E-state index contributed by atoms with van der Waals surface area (Å²) >= 11 is 7.69. The molecule has 28 heavy (non-hydrogen) atoms. The van der Waals surface area contributed by atoms with Gasteiger partial charge in [-0.25, -0.2) is 0 Å². The predicted molar refractivity (Wildman–Crippen MR) is 113 cm³/mol. The molecule has 1 unspecified atom stereocenters. The number of aromatic nitrogens is 3. The van der Waals surface area contributed by atoms with E-state index in [4.69, 9.17) is 21.1 Å². The number of thioether (sulfide) groups is 1. The van der Waals surface area contributed by atoms with Gasteiger partial charge in [0, 0.05) is 17.3 Å². The van der Waals surface area contributed by atoms with Crippen molar-refractivity contribution in [3.63, 3.8) is 0 Å². The summed E-state index contributed by atoms with van der Waals surface area (Å²) in [6.45, 7) is 6.83. The third kappa shape index (κ3) is 4.80. The van der Waals surface area contributed by atoms with E-state index in [9.17, 15) is 0 Å². The van der Waals surface area contributed by atoms with Gasteiger partial charge >= 0.3 is 0 Å². The quantitative estimate of drug-likeness (QED) is 0.440. The molecule has 7 heteroatoms. The molecule has 2 aromatic carbocycles. The third-order valence-electron chi connectivity index (χ3n) is 4.37. The second-order valence-electron chi connectivity index (χ2n) is 6.40. The molecule has 0 saturated heterocycles. The Morgan fingerprint density at radius 1 is 1.18 bits per heavy atom. The van der Waals surface area contributed by atoms with Crippen LogP contribution >= 0.6 is 23.4 Å². The minimum Gasteiger partial charge on any atom is -0.497 e. The van der Waals surface area contributed by atoms with Crippen LogP contribution in [0.1, 0.15) is 36.9 Å². The normalized spacial score (nSPS) is 12.0. The average Bonchev–Trinajstić information content (AvgIpc) is 3.11. The minimum absolute atomic E-state index is 0.224. The lowest BCUT2D eigenvalue weighted by Gasteiger charge is -2.17. The summed E-state index contributed by atoms with van der Waals surface area (Å²) in [7, 11) is 1.68. The van der Waals surface area contributed by atoms with Crippen molar-refractivity contribution in [2.45, 2.75) is 44.3 Å². The number of ether oxygens (including phenoxy) is 2. The first-order valence-corrected chi connectivity index (χ1v) is 10.5. The van der Waals surface area contributed by atoms with Crippen molar-refractivity contribution in [2.75, 3.05) is 7.11 Å². The zero-order valence-electron chi connectivity index (χ0n) is 16.5. The summed E-state index contributed by atoms with van der Waals surface area (Å²) in [5.41, 5.74) is 2.17. The number of aryl methyl sites for hydroxylation is 1. The van der Waals surface area contributed by atoms with Crippen molar-refractivity contribution >= 4 is 23.4 Å². The molecule has 0 aliphatic rings. The van der Waals surface area contributed by atoms with Crippen LogP contribution in [-0.2, 0) is 12.3 Å². The lowest BCUT2D eigenvalue weighted by molar-refractivity contribution is 0.208. The van der Waals surface area contributed by atoms with Gasteiger partial charge in [-0.2, -0.15) is 0 Å². The number of rotatable bonds is 8. The molecule has 0 amide bonds. The van der Waals surface area contributed by atoms with E-state index < -0.39 is 0 Å². The molecule has 0 N–H and O–H groups in total. The summed E-state index contributed by atoms with van der Waals surface area (Å²) in [4.78, 5) is 0. The molecular formula is C21H24ClN3O2S. The van der Waals surface area contributed by atoms with Gasteiger partial charge in [0.1, 0.15) is 11.5 Å². The Kier molecular flexibility index (Phi) is 6.86. The predicted octanol–water partition coefficient (Wildman–Crippen LogP) is 5.70. The second-order valence-corrected chi connectivity index (χ2v) is 7.77. The zero-order valence-corrected chi connectivity index (χ0v) is 18.0. The van der Waals surface area contributed by atoms with Gasteiger partial charge in [0.05, 0.1) is 7.11 Å². The molecule has 0 radical (unpaired) electrons. The Hall–Kier alpha value is -2.18. The number of benzene rings is 2. The van der Waals surface area contributed by atoms with E-state index in [1.807, 2.05) is 50.2 Å². The molecule has 1 heterocycles. The topological polar surface area (TPSA) is 49.2 Å². The summed E-state index contributed by atoms with van der Waals surface area (Å²) in [5, 5.41) is 10.4. The molecule has 0 aliphatic carbocycles. The minimum atomic E-state index is -0.224. The van der Waals surface area contributed by atoms with E-state index in [1.54, 1.807) is 18.9 Å². The van der Waals surface area contributed by atoms with E-state index in [0.29, 0.717) is 5.02 Å². The summed E-state index contributed by atoms with van der Waals surface area (Å²) in [6.07, 6.45) is -0.224. The summed E-state index contributed by atoms with van der Waals surface area (Å²) in [6, 6.07) is 13.7. The van der Waals surface area contributed by atoms with Crippen LogP contribution in [0.2, 0.25) is 5.02 Å². The van der Waals surface area contributed by atoms with Crippen LogP contribution in [0.5, 0.6) is 11.5 Å². The molecule has 3 rings (SSSR count). The molecule has 3 aromatic rings. The van der Waals surface area contributed by atoms with E-state index in [2.05, 4.69) is 27.8 Å². The maximum absolute atomic E-state index is 6.13. The Morgan fingerprint density at radius 2 is 2.00 bits per heavy atom. The van der Waals surface area contributed by atoms with Gasteiger partial charge in [-0.1, -0.05) is 35.5 Å². The molecule has 0 aliphatic heterocycles. The van der Waals surface area contributed by atoms with Gasteiger partial charge in [0.2, 0.25) is 0 Å². The molecule has 0 fully saturated rings. The van der Waals surface area contributed by atoms with Crippen LogP contribution in [0.15, 0.2) is 47.6 Å². The highest BCUT2D eigenvalue weighted by Crippen LogP contribution is 2.29. The molecule has 5 nitrogen and oxygen atoms in total. The summed E-state index contributed by atoms with van der Waals surface area (Å²) < 4.78 is 13.5. The maximum Gasteiger partial charge on any atom is 0.191 e. The highest BCUT2D eigenvalue weighted by atomic mass is 35.5. The molecule has 0 saturated carbocycles. The Labute approximate surface area is 175 Å². The standard InChI is InChI=1S/C21H24ClN3O2S/c1-5-25-20(15(3)27-19-10-9-17(22)11-14(19)2)23-24-21(25)28-13-16-7-6-8-18(12-16)26-4/h6-12,15H,5,13H2,1-4H3. The number of hydrogen-bond acceptors (Lipinski definition) is 5. The van der Waals surface area contributed by atoms with E-state index in [-0.39, 0.29) is 6.10 Å². The van der Waals surface area contributed by atoms with E-state index in [1.165, 1.54) is 5.56 Å². The zero-order chi connectivity index (χ0) is 20.1. The Bertz CT molecular complexity index is 945. The fourth-order valence-corrected chi connectivity index (χ4v) is 4.08. The van der Waals surface area contributed by atoms with Crippen LogP contribution in [0.25, 0.3) is 0 Å². The third-order valence-corrected chi connectivity index (χ3v) is 5.64. The number of methoxy groups -OCH3 is 1. The number of nitrogens with zero attached hydrogens (tertiary/aromatic N) is 3. The van der Waals surface area contributed by atoms with Gasteiger partial charge < -0.3 is 14.0 Å². The first kappa shape index (κ1) is 20.6. The lowest BCUT2D eigenvalue weighted by Crippen LogP contribution is -2.12. The van der Waals surface area contributed by atoms with Gasteiger partial charge in [0.15, 0.2) is 17.1 Å². The monoisotopic (exact) mass is 417 g/mol. The SMILES string of the molecule is CCn1c(SCc2cccc(OC)c2)nnc1C(C)Oc1ccc(Cl)cc1C. The molecule has 1 aromatic heterocycles. The van der Waals surface area contributed by atoms with Crippen molar-refractivity contribution < 1.29 is 9.47 Å². The summed E-state index contributed by atoms with van der Waals surface area (Å²) in [5.74, 6) is 3.26. The van der Waals surface area contributed by atoms with Crippen LogP contribution in [0.4, 0.5) is 0 Å². The van der Waals surface area contributed by atoms with Crippen molar-refractivity contribution in [3.05, 3.63) is 64.4 Å². The lowest BCUT2D eigenvalue weighted by atomic mass is 10.2. The van der Waals surface area contributed by atoms with Crippen LogP contribution in [0, 0.1) is 6.92 Å². The maximum atomic E-state index is 6.13. The van der Waals surface area contributed by atoms with Gasteiger partial charge in [-0.3, -0.25) is 0 Å². The van der Waals surface area contributed by atoms with Crippen molar-refractivity contribution in [3.8, 4) is 11.5 Å². The van der Waals surface area contributed by atoms with Crippen LogP contribution in [-0.4, -0.2) is 21.9 Å². The van der Waals surface area contributed by atoms with Crippen LogP contribution < -0.4 is 9.47 Å². The molecule has 0 spiro atoms. The Balaban J connectivity index is 1.73. The average molecular weight is 418 g/mol. The van der Waals surface area contributed by atoms with E-state index >= 15 is 0 Å². The molecule has 0 bridgehead atoms.